The summed E-state index contributed by atoms with van der Waals surface area (Å²) in [5.41, 5.74) is 2.58. The number of ether oxygens (including phenoxy) is 1. The number of rotatable bonds is 29. The number of carbonyl (C=O) groups is 17. The molecule has 3 aliphatic heterocycles. The van der Waals surface area contributed by atoms with Crippen LogP contribution in [-0.4, -0.2) is 344 Å². The predicted molar refractivity (Wildman–Crippen MR) is 447 cm³/mol. The minimum absolute atomic E-state index is 0.00317. The molecule has 3 saturated heterocycles. The number of likely N-dealkylation sites (N-methyl/N-ethyl adjacent to an activating group) is 1. The van der Waals surface area contributed by atoms with Crippen molar-refractivity contribution >= 4 is 112 Å². The molecule has 0 saturated carbocycles. The molecule has 5 aromatic rings. The zero-order valence-corrected chi connectivity index (χ0v) is 70.5. The van der Waals surface area contributed by atoms with Crippen molar-refractivity contribution in [1.29, 1.82) is 0 Å². The van der Waals surface area contributed by atoms with Gasteiger partial charge in [-0.1, -0.05) is 99.0 Å². The highest BCUT2D eigenvalue weighted by atomic mass is 19.4. The van der Waals surface area contributed by atoms with Gasteiger partial charge in [-0.05, 0) is 78.3 Å². The van der Waals surface area contributed by atoms with E-state index in [0.29, 0.717) is 52.4 Å². The van der Waals surface area contributed by atoms with Crippen LogP contribution in [-0.2, 0) is 107 Å². The van der Waals surface area contributed by atoms with Crippen LogP contribution >= 0.6 is 0 Å². The van der Waals surface area contributed by atoms with Gasteiger partial charge >= 0.3 is 42.0 Å². The molecule has 0 aliphatic carbocycles. The highest BCUT2D eigenvalue weighted by molar-refractivity contribution is 6.00. The molecule has 4 heterocycles. The van der Waals surface area contributed by atoms with E-state index in [0.717, 1.165) is 9.80 Å². The molecule has 0 bridgehead atoms. The Morgan fingerprint density at radius 3 is 1.61 bits per heavy atom. The van der Waals surface area contributed by atoms with Crippen molar-refractivity contribution in [3.63, 3.8) is 0 Å². The Balaban J connectivity index is 0.00000307. The number of para-hydroxylation sites is 1. The second-order valence-corrected chi connectivity index (χ2v) is 30.8. The number of carboxylic acid groups (broad SMARTS) is 6. The standard InChI is InChI=1S/C82H108N16O23.C2HF3O2/c1-3-4-6-16-59-76(113)90-62(42-54-44-84-58-15-10-9-14-57(54)58)75(112)86-46-69(102)88-60(39-52-18-22-55(99)23-19-52)77(114)92-63(43-71(104)105)81(118)98-29-11-17-64(98)79(116)87-45-68(101)85-47-70(103)93(2)66(41-51-12-7-5-8-13-51)80(117)91-61(78(115)89-59)40-53-20-24-56(25-21-53)121-38-28-83-67(100)27-26-65(82(119)120)97-36-34-95(49-73(108)109)32-30-94(48-72(106)107)31-33-96(35-37-97)50-74(110)111;3-2(4,5)1(6)7/h5,7-10,12-15,18-25,44,59-66,84,99H,3-4,6,11,16-17,26-43,45-50H2,1-2H3,(H,83,100)(H,85,101)(H,86,112)(H,87,116)(H,88,102)(H,89,115)(H,90,113)(H,91,117)(H,92,114)(H,104,105)(H,106,107)(H,108,109)(H,110,111)(H,119,120);(H,6,7)/t59-,60-,61-,62-,63-,64+,65+,66-;/m0./s1. The number of amides is 11. The van der Waals surface area contributed by atoms with E-state index < -0.39 is 194 Å². The fraction of sp³-hybridized carbons (Fsp3) is 0.488. The zero-order chi connectivity index (χ0) is 93.7. The fourth-order valence-electron chi connectivity index (χ4n) is 14.5. The Bertz CT molecular complexity index is 4650. The Kier molecular flexibility index (Phi) is 40.3. The lowest BCUT2D eigenvalue weighted by Crippen LogP contribution is -2.60. The van der Waals surface area contributed by atoms with E-state index in [2.05, 4.69) is 52.8 Å². The SMILES string of the molecule is CCCCC[C@@H]1NC(=O)[C@H](Cc2ccc(OCCNC(=O)CC[C@H](C(=O)O)N3CCN(CC(=O)O)CCN(CC(=O)O)CCN(CC(=O)O)CC3)cc2)NC(=O)[C@H](Cc2ccccc2)N(C)C(=O)CNC(=O)CNC(=O)[C@H]2CCCN2C(=O)[C@H](CC(=O)O)NC(=O)[C@H](Cc2ccc(O)cc2)NC(=O)CNC(=O)[C@H](Cc2c[nH]c3ccccc23)NC1=O.O=C(O)C(F)(F)F. The number of H-pyrrole nitrogens is 1. The molecule has 8 atom stereocenters. The van der Waals surface area contributed by atoms with Gasteiger partial charge in [0.1, 0.15) is 66.4 Å². The van der Waals surface area contributed by atoms with Crippen LogP contribution in [0.15, 0.2) is 109 Å². The van der Waals surface area contributed by atoms with Crippen molar-refractivity contribution in [2.24, 2.45) is 0 Å². The summed E-state index contributed by atoms with van der Waals surface area (Å²) in [7, 11) is 1.30. The molecule has 696 valence electrons. The van der Waals surface area contributed by atoms with Gasteiger partial charge in [0.2, 0.25) is 65.0 Å². The van der Waals surface area contributed by atoms with Gasteiger partial charge in [-0.15, -0.1) is 0 Å². The first kappa shape index (κ1) is 102. The van der Waals surface area contributed by atoms with E-state index in [1.165, 1.54) is 31.3 Å². The van der Waals surface area contributed by atoms with Crippen LogP contribution in [0.1, 0.15) is 87.0 Å². The van der Waals surface area contributed by atoms with Gasteiger partial charge < -0.3 is 103 Å². The lowest BCUT2D eigenvalue weighted by Gasteiger charge is -2.35. The number of fused-ring (bicyclic) bond motifs is 2. The summed E-state index contributed by atoms with van der Waals surface area (Å²) in [5.74, 6) is -18.5. The number of aromatic amines is 1. The van der Waals surface area contributed by atoms with Gasteiger partial charge in [0.25, 0.3) is 0 Å². The first-order chi connectivity index (χ1) is 60.8. The van der Waals surface area contributed by atoms with Gasteiger partial charge in [-0.3, -0.25) is 96.3 Å². The molecular formula is C84H109F3N16O25. The summed E-state index contributed by atoms with van der Waals surface area (Å²) in [6, 6.07) is 15.6. The van der Waals surface area contributed by atoms with Crippen LogP contribution in [0.5, 0.6) is 11.5 Å². The Labute approximate surface area is 732 Å². The molecule has 41 nitrogen and oxygen atoms in total. The van der Waals surface area contributed by atoms with Crippen LogP contribution in [0, 0.1) is 0 Å². The fourth-order valence-corrected chi connectivity index (χ4v) is 14.5. The third-order valence-corrected chi connectivity index (χ3v) is 21.3. The Hall–Kier alpha value is -13.4. The van der Waals surface area contributed by atoms with Gasteiger partial charge in [0, 0.05) is 115 Å². The summed E-state index contributed by atoms with van der Waals surface area (Å²) < 4.78 is 37.7. The minimum Gasteiger partial charge on any atom is -0.508 e. The number of benzene rings is 4. The number of phenolic OH excluding ortho intramolecular Hbond substituents is 1. The lowest BCUT2D eigenvalue weighted by atomic mass is 10.00. The smallest absolute Gasteiger partial charge is 0.490 e. The number of aliphatic carboxylic acids is 6. The molecule has 11 amide bonds. The average molecular weight is 1800 g/mol. The molecule has 3 fully saturated rings. The molecule has 0 spiro atoms. The number of hydrogen-bond donors (Lipinski definition) is 17. The van der Waals surface area contributed by atoms with E-state index in [-0.39, 0.29) is 148 Å². The number of hydrogen-bond acceptors (Lipinski definition) is 23. The van der Waals surface area contributed by atoms with Crippen molar-refractivity contribution in [3.8, 4) is 11.5 Å². The maximum Gasteiger partial charge on any atom is 0.490 e. The number of halogens is 3. The highest BCUT2D eigenvalue weighted by Gasteiger charge is 2.42. The third-order valence-electron chi connectivity index (χ3n) is 21.3. The number of carboxylic acids is 6. The van der Waals surface area contributed by atoms with Crippen molar-refractivity contribution in [2.75, 3.05) is 118 Å². The van der Waals surface area contributed by atoms with E-state index in [1.807, 2.05) is 6.92 Å². The number of nitrogens with one attached hydrogen (secondary N) is 10. The number of alkyl halides is 3. The molecular weight excluding hydrogens is 1690 g/mol. The molecule has 0 radical (unpaired) electrons. The number of carbonyl (C=O) groups excluding carboxylic acids is 11. The van der Waals surface area contributed by atoms with Gasteiger partial charge in [0.05, 0.1) is 52.2 Å². The van der Waals surface area contributed by atoms with Gasteiger partial charge in [-0.25, -0.2) is 4.79 Å². The molecule has 17 N–H and O–H groups in total. The molecule has 128 heavy (non-hydrogen) atoms. The number of aromatic nitrogens is 1. The monoisotopic (exact) mass is 1800 g/mol. The quantitative estimate of drug-likeness (QED) is 0.0246. The van der Waals surface area contributed by atoms with Crippen molar-refractivity contribution in [2.45, 2.75) is 145 Å². The van der Waals surface area contributed by atoms with Crippen molar-refractivity contribution in [3.05, 3.63) is 132 Å². The van der Waals surface area contributed by atoms with Crippen LogP contribution < -0.4 is 52.6 Å². The minimum atomic E-state index is -5.08. The van der Waals surface area contributed by atoms with Crippen molar-refractivity contribution in [1.82, 2.24) is 82.2 Å². The molecule has 3 aliphatic rings. The predicted octanol–water partition coefficient (Wildman–Crippen LogP) is -1.36. The molecule has 4 aromatic carbocycles. The summed E-state index contributed by atoms with van der Waals surface area (Å²) in [6.45, 7) is -1.31. The van der Waals surface area contributed by atoms with E-state index in [9.17, 15) is 106 Å². The van der Waals surface area contributed by atoms with Crippen LogP contribution in [0.25, 0.3) is 10.9 Å². The number of phenols is 1. The summed E-state index contributed by atoms with van der Waals surface area (Å²) in [5, 5.41) is 91.0. The number of aromatic hydroxyl groups is 1. The lowest BCUT2D eigenvalue weighted by molar-refractivity contribution is -0.192. The van der Waals surface area contributed by atoms with E-state index >= 15 is 14.4 Å². The van der Waals surface area contributed by atoms with Crippen LogP contribution in [0.2, 0.25) is 0 Å². The molecule has 8 rings (SSSR count). The largest absolute Gasteiger partial charge is 0.508 e. The van der Waals surface area contributed by atoms with E-state index in [4.69, 9.17) is 14.6 Å². The zero-order valence-electron chi connectivity index (χ0n) is 70.5. The maximum absolute atomic E-state index is 15.3. The average Bonchev–Trinajstić information content (AvgIpc) is 1.70. The van der Waals surface area contributed by atoms with Gasteiger partial charge in [-0.2, -0.15) is 13.2 Å². The number of nitrogens with zero attached hydrogens (tertiary/aromatic N) is 6. The summed E-state index contributed by atoms with van der Waals surface area (Å²) >= 11 is 0. The number of unbranched alkanes of at least 4 members (excludes halogenated alkanes) is 2. The van der Waals surface area contributed by atoms with Crippen LogP contribution in [0.3, 0.4) is 0 Å². The third kappa shape index (κ3) is 34.2. The highest BCUT2D eigenvalue weighted by Crippen LogP contribution is 2.24. The Morgan fingerprint density at radius 1 is 0.531 bits per heavy atom. The normalized spacial score (nSPS) is 20.8. The van der Waals surface area contributed by atoms with Crippen molar-refractivity contribution < 1.29 is 135 Å². The maximum atomic E-state index is 15.3. The topological polar surface area (TPSA) is 585 Å². The van der Waals surface area contributed by atoms with Crippen LogP contribution in [0.4, 0.5) is 13.2 Å². The first-order valence-corrected chi connectivity index (χ1v) is 41.4. The molecule has 0 unspecified atom stereocenters. The second-order valence-electron chi connectivity index (χ2n) is 30.8. The summed E-state index contributed by atoms with van der Waals surface area (Å²) in [4.78, 5) is 240. The second kappa shape index (κ2) is 50.7. The molecule has 44 heteroatoms. The van der Waals surface area contributed by atoms with E-state index in [1.54, 1.807) is 105 Å². The molecule has 1 aromatic heterocycles. The van der Waals surface area contributed by atoms with Gasteiger partial charge in [0.15, 0.2) is 0 Å². The summed E-state index contributed by atoms with van der Waals surface area (Å²) in [6.07, 6.45) is -4.00. The Morgan fingerprint density at radius 2 is 1.04 bits per heavy atom. The first-order valence-electron chi connectivity index (χ1n) is 41.4.